The molecule has 2 aromatic rings. The highest BCUT2D eigenvalue weighted by molar-refractivity contribution is 5.90. The third kappa shape index (κ3) is 5.80. The first-order chi connectivity index (χ1) is 13.4. The number of ether oxygens (including phenoxy) is 2. The Kier molecular flexibility index (Phi) is 7.04. The molecule has 2 N–H and O–H groups in total. The maximum Gasteiger partial charge on any atom is 0.379 e. The molecule has 0 radical (unpaired) electrons. The lowest BCUT2D eigenvalue weighted by Gasteiger charge is -2.03. The van der Waals surface area contributed by atoms with Crippen molar-refractivity contribution in [2.75, 3.05) is 14.2 Å². The number of phenolic OH excluding ortho intramolecular Hbond substituents is 2. The standard InChI is InChI=1S/C20H18O8/c1-25-17-11-13(3-7-15(17)21)5-9-19(23)27-28-20(24)10-6-14-4-8-16(22)18(12-14)26-2/h3-12,21-22H,1-2H3/b9-5+,10-6+. The van der Waals surface area contributed by atoms with Crippen molar-refractivity contribution in [2.24, 2.45) is 0 Å². The molecular formula is C20H18O8. The molecule has 2 rings (SSSR count). The lowest BCUT2D eigenvalue weighted by atomic mass is 10.2. The number of phenols is 2. The smallest absolute Gasteiger partial charge is 0.379 e. The van der Waals surface area contributed by atoms with E-state index in [1.54, 1.807) is 12.1 Å². The summed E-state index contributed by atoms with van der Waals surface area (Å²) in [4.78, 5) is 32.0. The molecule has 146 valence electrons. The van der Waals surface area contributed by atoms with Gasteiger partial charge in [0.1, 0.15) is 0 Å². The van der Waals surface area contributed by atoms with E-state index >= 15 is 0 Å². The van der Waals surface area contributed by atoms with E-state index in [-0.39, 0.29) is 23.0 Å². The molecule has 0 saturated heterocycles. The van der Waals surface area contributed by atoms with E-state index in [1.165, 1.54) is 50.6 Å². The number of rotatable bonds is 6. The second-order valence-corrected chi connectivity index (χ2v) is 5.33. The predicted molar refractivity (Wildman–Crippen MR) is 99.6 cm³/mol. The normalized spacial score (nSPS) is 10.8. The van der Waals surface area contributed by atoms with Gasteiger partial charge in [-0.25, -0.2) is 19.4 Å². The monoisotopic (exact) mass is 386 g/mol. The van der Waals surface area contributed by atoms with E-state index in [0.29, 0.717) is 11.1 Å². The van der Waals surface area contributed by atoms with Crippen LogP contribution in [0.15, 0.2) is 48.6 Å². The van der Waals surface area contributed by atoms with Crippen molar-refractivity contribution in [3.05, 3.63) is 59.7 Å². The van der Waals surface area contributed by atoms with Crippen LogP contribution in [0.3, 0.4) is 0 Å². The average molecular weight is 386 g/mol. The summed E-state index contributed by atoms with van der Waals surface area (Å²) in [6, 6.07) is 8.96. The molecule has 0 unspecified atom stereocenters. The summed E-state index contributed by atoms with van der Waals surface area (Å²) in [7, 11) is 2.80. The molecule has 0 saturated carbocycles. The second kappa shape index (κ2) is 9.67. The van der Waals surface area contributed by atoms with Crippen molar-refractivity contribution >= 4 is 24.1 Å². The van der Waals surface area contributed by atoms with Gasteiger partial charge in [0.05, 0.1) is 14.2 Å². The Bertz CT molecular complexity index is 839. The van der Waals surface area contributed by atoms with E-state index in [4.69, 9.17) is 9.47 Å². The van der Waals surface area contributed by atoms with Crippen molar-refractivity contribution in [3.8, 4) is 23.0 Å². The summed E-state index contributed by atoms with van der Waals surface area (Å²) in [6.07, 6.45) is 4.90. The van der Waals surface area contributed by atoms with Crippen molar-refractivity contribution in [3.63, 3.8) is 0 Å². The van der Waals surface area contributed by atoms with Gasteiger partial charge in [-0.05, 0) is 47.5 Å². The minimum Gasteiger partial charge on any atom is -0.504 e. The molecule has 0 aliphatic rings. The summed E-state index contributed by atoms with van der Waals surface area (Å²) < 4.78 is 9.91. The van der Waals surface area contributed by atoms with E-state index in [9.17, 15) is 19.8 Å². The minimum atomic E-state index is -0.903. The van der Waals surface area contributed by atoms with Gasteiger partial charge in [0.25, 0.3) is 0 Å². The average Bonchev–Trinajstić information content (AvgIpc) is 2.70. The quantitative estimate of drug-likeness (QED) is 0.443. The Morgan fingerprint density at radius 1 is 0.750 bits per heavy atom. The molecular weight excluding hydrogens is 368 g/mol. The van der Waals surface area contributed by atoms with Crippen LogP contribution in [0, 0.1) is 0 Å². The minimum absolute atomic E-state index is 0.0332. The third-order valence-electron chi connectivity index (χ3n) is 3.44. The van der Waals surface area contributed by atoms with Gasteiger partial charge < -0.3 is 19.7 Å². The Morgan fingerprint density at radius 3 is 1.50 bits per heavy atom. The lowest BCUT2D eigenvalue weighted by molar-refractivity contribution is -0.250. The summed E-state index contributed by atoms with van der Waals surface area (Å²) in [5.41, 5.74) is 1.14. The van der Waals surface area contributed by atoms with Gasteiger partial charge in [-0.2, -0.15) is 0 Å². The van der Waals surface area contributed by atoms with Gasteiger partial charge in [0, 0.05) is 12.2 Å². The molecule has 0 amide bonds. The molecule has 0 bridgehead atoms. The maximum atomic E-state index is 11.6. The first-order valence-electron chi connectivity index (χ1n) is 7.95. The largest absolute Gasteiger partial charge is 0.504 e. The Labute approximate surface area is 160 Å². The summed E-state index contributed by atoms with van der Waals surface area (Å²) >= 11 is 0. The van der Waals surface area contributed by atoms with Crippen molar-refractivity contribution in [1.29, 1.82) is 0 Å². The maximum absolute atomic E-state index is 11.6. The van der Waals surface area contributed by atoms with Crippen LogP contribution in [0.2, 0.25) is 0 Å². The van der Waals surface area contributed by atoms with E-state index in [2.05, 4.69) is 9.78 Å². The van der Waals surface area contributed by atoms with Crippen molar-refractivity contribution in [2.45, 2.75) is 0 Å². The molecule has 0 heterocycles. The number of hydrogen-bond donors (Lipinski definition) is 2. The Hall–Kier alpha value is -3.94. The van der Waals surface area contributed by atoms with Crippen LogP contribution >= 0.6 is 0 Å². The van der Waals surface area contributed by atoms with Crippen LogP contribution in [-0.2, 0) is 19.4 Å². The van der Waals surface area contributed by atoms with Gasteiger partial charge in [-0.3, -0.25) is 0 Å². The second-order valence-electron chi connectivity index (χ2n) is 5.33. The summed E-state index contributed by atoms with van der Waals surface area (Å²) in [5, 5.41) is 19.0. The molecule has 0 aromatic heterocycles. The van der Waals surface area contributed by atoms with Crippen LogP contribution in [0.1, 0.15) is 11.1 Å². The van der Waals surface area contributed by atoms with Crippen LogP contribution in [-0.4, -0.2) is 36.4 Å². The molecule has 0 atom stereocenters. The molecule has 28 heavy (non-hydrogen) atoms. The van der Waals surface area contributed by atoms with E-state index < -0.39 is 11.9 Å². The molecule has 8 nitrogen and oxygen atoms in total. The molecule has 8 heteroatoms. The Morgan fingerprint density at radius 2 is 1.14 bits per heavy atom. The lowest BCUT2D eigenvalue weighted by Crippen LogP contribution is -2.06. The number of benzene rings is 2. The van der Waals surface area contributed by atoms with Crippen molar-refractivity contribution < 1.29 is 39.1 Å². The number of carbonyl (C=O) groups is 2. The summed E-state index contributed by atoms with van der Waals surface area (Å²) in [5.74, 6) is -1.38. The molecule has 0 aliphatic heterocycles. The van der Waals surface area contributed by atoms with E-state index in [1.807, 2.05) is 0 Å². The highest BCUT2D eigenvalue weighted by atomic mass is 17.2. The SMILES string of the molecule is COc1cc(/C=C/C(=O)OOC(=O)/C=C/c2ccc(O)c(OC)c2)ccc1O. The summed E-state index contributed by atoms with van der Waals surface area (Å²) in [6.45, 7) is 0. The number of carbonyl (C=O) groups excluding carboxylic acids is 2. The van der Waals surface area contributed by atoms with Gasteiger partial charge in [-0.1, -0.05) is 12.1 Å². The predicted octanol–water partition coefficient (Wildman–Crippen LogP) is 2.84. The van der Waals surface area contributed by atoms with Crippen LogP contribution in [0.4, 0.5) is 0 Å². The number of aromatic hydroxyl groups is 2. The van der Waals surface area contributed by atoms with E-state index in [0.717, 1.165) is 12.2 Å². The zero-order valence-corrected chi connectivity index (χ0v) is 15.1. The van der Waals surface area contributed by atoms with Gasteiger partial charge in [-0.15, -0.1) is 0 Å². The molecule has 0 aliphatic carbocycles. The third-order valence-corrected chi connectivity index (χ3v) is 3.44. The van der Waals surface area contributed by atoms with Crippen LogP contribution in [0.25, 0.3) is 12.2 Å². The zero-order chi connectivity index (χ0) is 20.5. The van der Waals surface area contributed by atoms with Crippen LogP contribution < -0.4 is 9.47 Å². The van der Waals surface area contributed by atoms with Crippen molar-refractivity contribution in [1.82, 2.24) is 0 Å². The fourth-order valence-corrected chi connectivity index (χ4v) is 2.06. The first kappa shape index (κ1) is 20.4. The number of methoxy groups -OCH3 is 2. The fraction of sp³-hybridized carbons (Fsp3) is 0.100. The zero-order valence-electron chi connectivity index (χ0n) is 15.1. The fourth-order valence-electron chi connectivity index (χ4n) is 2.06. The first-order valence-corrected chi connectivity index (χ1v) is 7.95. The number of hydrogen-bond acceptors (Lipinski definition) is 8. The van der Waals surface area contributed by atoms with Gasteiger partial charge in [0.2, 0.25) is 0 Å². The highest BCUT2D eigenvalue weighted by Crippen LogP contribution is 2.27. The highest BCUT2D eigenvalue weighted by Gasteiger charge is 2.06. The van der Waals surface area contributed by atoms with Crippen LogP contribution in [0.5, 0.6) is 23.0 Å². The van der Waals surface area contributed by atoms with Gasteiger partial charge >= 0.3 is 11.9 Å². The van der Waals surface area contributed by atoms with Gasteiger partial charge in [0.15, 0.2) is 23.0 Å². The molecule has 0 fully saturated rings. The topological polar surface area (TPSA) is 112 Å². The molecule has 0 spiro atoms. The Balaban J connectivity index is 1.87. The molecule has 2 aromatic carbocycles.